The van der Waals surface area contributed by atoms with E-state index in [1.807, 2.05) is 48.9 Å². The van der Waals surface area contributed by atoms with Gasteiger partial charge in [0.05, 0.1) is 5.54 Å². The smallest absolute Gasteiger partial charge is 0.157 e. The summed E-state index contributed by atoms with van der Waals surface area (Å²) in [5.41, 5.74) is 6.71. The Bertz CT molecular complexity index is 445. The highest BCUT2D eigenvalue weighted by Crippen LogP contribution is 2.23. The molecule has 0 radical (unpaired) electrons. The van der Waals surface area contributed by atoms with Crippen molar-refractivity contribution in [3.63, 3.8) is 0 Å². The molecule has 0 bridgehead atoms. The molecule has 1 aromatic heterocycles. The number of aryl methyl sites for hydroxylation is 1. The van der Waals surface area contributed by atoms with E-state index in [0.29, 0.717) is 0 Å². The molecule has 0 spiro atoms. The number of hydrogen-bond donors (Lipinski definition) is 1. The first-order chi connectivity index (χ1) is 7.12. The van der Waals surface area contributed by atoms with Crippen molar-refractivity contribution >= 4 is 0 Å². The summed E-state index contributed by atoms with van der Waals surface area (Å²) >= 11 is 0. The third-order valence-corrected chi connectivity index (χ3v) is 2.55. The van der Waals surface area contributed by atoms with Crippen LogP contribution in [0.1, 0.15) is 18.3 Å². The number of benzene rings is 1. The van der Waals surface area contributed by atoms with Crippen molar-refractivity contribution in [1.82, 2.24) is 14.8 Å². The normalized spacial score (nSPS) is 14.9. The molecule has 0 saturated heterocycles. The topological polar surface area (TPSA) is 56.7 Å². The number of aromatic nitrogens is 3. The molecule has 2 aromatic rings. The van der Waals surface area contributed by atoms with Gasteiger partial charge in [0, 0.05) is 7.05 Å². The molecule has 1 aromatic carbocycles. The second kappa shape index (κ2) is 3.47. The van der Waals surface area contributed by atoms with E-state index in [9.17, 15) is 0 Å². The van der Waals surface area contributed by atoms with Gasteiger partial charge in [0.25, 0.3) is 0 Å². The molecular formula is C11H14N4. The van der Waals surface area contributed by atoms with Gasteiger partial charge in [0.15, 0.2) is 5.82 Å². The Morgan fingerprint density at radius 3 is 2.47 bits per heavy atom. The molecule has 0 fully saturated rings. The first-order valence-corrected chi connectivity index (χ1v) is 4.81. The molecule has 0 aliphatic carbocycles. The Balaban J connectivity index is 2.48. The van der Waals surface area contributed by atoms with Crippen molar-refractivity contribution < 1.29 is 0 Å². The molecule has 4 nitrogen and oxygen atoms in total. The largest absolute Gasteiger partial charge is 0.319 e. The summed E-state index contributed by atoms with van der Waals surface area (Å²) in [5.74, 6) is 0.758. The van der Waals surface area contributed by atoms with E-state index in [1.54, 1.807) is 6.33 Å². The summed E-state index contributed by atoms with van der Waals surface area (Å²) in [5, 5.41) is 7.90. The van der Waals surface area contributed by atoms with Gasteiger partial charge in [-0.15, -0.1) is 10.2 Å². The molecule has 15 heavy (non-hydrogen) atoms. The second-order valence-corrected chi connectivity index (χ2v) is 3.83. The fraction of sp³-hybridized carbons (Fsp3) is 0.273. The predicted molar refractivity (Wildman–Crippen MR) is 58.1 cm³/mol. The van der Waals surface area contributed by atoms with Crippen molar-refractivity contribution in [1.29, 1.82) is 0 Å². The van der Waals surface area contributed by atoms with E-state index in [0.717, 1.165) is 11.4 Å². The van der Waals surface area contributed by atoms with E-state index in [2.05, 4.69) is 10.2 Å². The SMILES string of the molecule is Cn1cnnc1C(C)(N)c1ccccc1. The van der Waals surface area contributed by atoms with Crippen molar-refractivity contribution in [2.45, 2.75) is 12.5 Å². The van der Waals surface area contributed by atoms with Gasteiger partial charge in [-0.3, -0.25) is 0 Å². The zero-order chi connectivity index (χ0) is 10.9. The van der Waals surface area contributed by atoms with Crippen LogP contribution in [0, 0.1) is 0 Å². The van der Waals surface area contributed by atoms with Crippen LogP contribution < -0.4 is 5.73 Å². The number of nitrogens with two attached hydrogens (primary N) is 1. The summed E-state index contributed by atoms with van der Waals surface area (Å²) in [7, 11) is 1.89. The highest BCUT2D eigenvalue weighted by molar-refractivity contribution is 5.29. The Morgan fingerprint density at radius 2 is 1.93 bits per heavy atom. The maximum absolute atomic E-state index is 6.28. The predicted octanol–water partition coefficient (Wildman–Crippen LogP) is 1.04. The number of rotatable bonds is 2. The monoisotopic (exact) mass is 202 g/mol. The first-order valence-electron chi connectivity index (χ1n) is 4.81. The minimum absolute atomic E-state index is 0.605. The van der Waals surface area contributed by atoms with Gasteiger partial charge < -0.3 is 10.3 Å². The van der Waals surface area contributed by atoms with Gasteiger partial charge in [-0.2, -0.15) is 0 Å². The van der Waals surface area contributed by atoms with Gasteiger partial charge in [-0.25, -0.2) is 0 Å². The van der Waals surface area contributed by atoms with E-state index in [-0.39, 0.29) is 0 Å². The Hall–Kier alpha value is -1.68. The Kier molecular flexibility index (Phi) is 2.28. The number of nitrogens with zero attached hydrogens (tertiary/aromatic N) is 3. The quantitative estimate of drug-likeness (QED) is 0.791. The molecule has 2 rings (SSSR count). The molecule has 4 heteroatoms. The lowest BCUT2D eigenvalue weighted by Crippen LogP contribution is -2.37. The molecule has 0 saturated carbocycles. The minimum atomic E-state index is -0.605. The van der Waals surface area contributed by atoms with Crippen LogP contribution in [-0.4, -0.2) is 14.8 Å². The van der Waals surface area contributed by atoms with E-state index in [4.69, 9.17) is 5.73 Å². The second-order valence-electron chi connectivity index (χ2n) is 3.83. The van der Waals surface area contributed by atoms with Gasteiger partial charge in [0.1, 0.15) is 6.33 Å². The summed E-state index contributed by atoms with van der Waals surface area (Å²) < 4.78 is 1.84. The molecule has 1 unspecified atom stereocenters. The van der Waals surface area contributed by atoms with Crippen LogP contribution in [0.3, 0.4) is 0 Å². The van der Waals surface area contributed by atoms with Crippen molar-refractivity contribution in [2.75, 3.05) is 0 Å². The summed E-state index contributed by atoms with van der Waals surface area (Å²) in [6, 6.07) is 9.90. The third kappa shape index (κ3) is 1.64. The van der Waals surface area contributed by atoms with Crippen molar-refractivity contribution in [3.8, 4) is 0 Å². The van der Waals surface area contributed by atoms with Crippen molar-refractivity contribution in [2.24, 2.45) is 12.8 Å². The van der Waals surface area contributed by atoms with Crippen LogP contribution in [0.4, 0.5) is 0 Å². The lowest BCUT2D eigenvalue weighted by Gasteiger charge is -2.23. The van der Waals surface area contributed by atoms with Gasteiger partial charge >= 0.3 is 0 Å². The van der Waals surface area contributed by atoms with E-state index >= 15 is 0 Å². The molecule has 0 aliphatic rings. The maximum Gasteiger partial charge on any atom is 0.157 e. The van der Waals surface area contributed by atoms with Gasteiger partial charge in [-0.05, 0) is 12.5 Å². The summed E-state index contributed by atoms with van der Waals surface area (Å²) in [6.45, 7) is 1.94. The average Bonchev–Trinajstić information content (AvgIpc) is 2.66. The Labute approximate surface area is 88.8 Å². The molecule has 78 valence electrons. The average molecular weight is 202 g/mol. The molecular weight excluding hydrogens is 188 g/mol. The van der Waals surface area contributed by atoms with Crippen LogP contribution in [0.2, 0.25) is 0 Å². The van der Waals surface area contributed by atoms with Crippen molar-refractivity contribution in [3.05, 3.63) is 48.0 Å². The first kappa shape index (κ1) is 9.86. The maximum atomic E-state index is 6.28. The number of hydrogen-bond acceptors (Lipinski definition) is 3. The van der Waals surface area contributed by atoms with Gasteiger partial charge in [0.2, 0.25) is 0 Å². The lowest BCUT2D eigenvalue weighted by molar-refractivity contribution is 0.532. The van der Waals surface area contributed by atoms with Crippen LogP contribution in [0.15, 0.2) is 36.7 Å². The fourth-order valence-electron chi connectivity index (χ4n) is 1.67. The minimum Gasteiger partial charge on any atom is -0.319 e. The summed E-state index contributed by atoms with van der Waals surface area (Å²) in [4.78, 5) is 0. The summed E-state index contributed by atoms with van der Waals surface area (Å²) in [6.07, 6.45) is 1.66. The van der Waals surface area contributed by atoms with Gasteiger partial charge in [-0.1, -0.05) is 30.3 Å². The molecule has 1 heterocycles. The highest BCUT2D eigenvalue weighted by atomic mass is 15.3. The van der Waals surface area contributed by atoms with E-state index in [1.165, 1.54) is 0 Å². The van der Waals surface area contributed by atoms with Crippen LogP contribution >= 0.6 is 0 Å². The molecule has 2 N–H and O–H groups in total. The highest BCUT2D eigenvalue weighted by Gasteiger charge is 2.28. The van der Waals surface area contributed by atoms with Crippen LogP contribution in [0.25, 0.3) is 0 Å². The fourth-order valence-corrected chi connectivity index (χ4v) is 1.67. The van der Waals surface area contributed by atoms with Crippen LogP contribution in [-0.2, 0) is 12.6 Å². The molecule has 0 amide bonds. The Morgan fingerprint density at radius 1 is 1.27 bits per heavy atom. The zero-order valence-corrected chi connectivity index (χ0v) is 8.88. The standard InChI is InChI=1S/C11H14N4/c1-11(12,9-6-4-3-5-7-9)10-14-13-8-15(10)2/h3-8H,12H2,1-2H3. The molecule has 0 aliphatic heterocycles. The molecule has 1 atom stereocenters. The van der Waals surface area contributed by atoms with E-state index < -0.39 is 5.54 Å². The third-order valence-electron chi connectivity index (χ3n) is 2.55. The zero-order valence-electron chi connectivity index (χ0n) is 8.88. The van der Waals surface area contributed by atoms with Crippen LogP contribution in [0.5, 0.6) is 0 Å². The lowest BCUT2D eigenvalue weighted by atomic mass is 9.92.